The Labute approximate surface area is 95.6 Å². The van der Waals surface area contributed by atoms with Gasteiger partial charge in [-0.1, -0.05) is 0 Å². The van der Waals surface area contributed by atoms with Crippen LogP contribution in [-0.2, 0) is 0 Å². The number of nitrogen functional groups attached to an aromatic ring is 2. The molecule has 4 nitrogen and oxygen atoms in total. The van der Waals surface area contributed by atoms with E-state index in [9.17, 15) is 0 Å². The number of aromatic nitrogens is 1. The van der Waals surface area contributed by atoms with Crippen molar-refractivity contribution in [1.82, 2.24) is 4.98 Å². The van der Waals surface area contributed by atoms with Crippen LogP contribution in [0.5, 0.6) is 0 Å². The Morgan fingerprint density at radius 3 is 2.50 bits per heavy atom. The molecule has 2 saturated carbocycles. The van der Waals surface area contributed by atoms with Gasteiger partial charge in [0.15, 0.2) is 0 Å². The summed E-state index contributed by atoms with van der Waals surface area (Å²) >= 11 is 0. The van der Waals surface area contributed by atoms with Crippen LogP contribution >= 0.6 is 0 Å². The topological polar surface area (TPSA) is 68.2 Å². The van der Waals surface area contributed by atoms with Crippen LogP contribution in [0, 0.1) is 5.92 Å². The van der Waals surface area contributed by atoms with Crippen LogP contribution in [0.15, 0.2) is 12.1 Å². The van der Waals surface area contributed by atoms with E-state index in [0.717, 1.165) is 18.3 Å². The predicted octanol–water partition coefficient (Wildman–Crippen LogP) is 1.62. The summed E-state index contributed by atoms with van der Waals surface area (Å²) in [5.41, 5.74) is 12.0. The van der Waals surface area contributed by atoms with Gasteiger partial charge in [0.05, 0.1) is 5.69 Å². The van der Waals surface area contributed by atoms with Crippen LogP contribution in [0.3, 0.4) is 0 Å². The number of hydrogen-bond acceptors (Lipinski definition) is 4. The summed E-state index contributed by atoms with van der Waals surface area (Å²) in [6, 6.07) is 4.54. The molecule has 0 unspecified atom stereocenters. The molecule has 3 rings (SSSR count). The number of pyridine rings is 1. The molecule has 0 bridgehead atoms. The maximum atomic E-state index is 5.76. The van der Waals surface area contributed by atoms with E-state index in [1.54, 1.807) is 0 Å². The van der Waals surface area contributed by atoms with Gasteiger partial charge in [-0.05, 0) is 43.7 Å². The van der Waals surface area contributed by atoms with E-state index in [1.807, 2.05) is 12.1 Å². The minimum absolute atomic E-state index is 0.457. The highest BCUT2D eigenvalue weighted by atomic mass is 15.2. The first-order valence-electron chi connectivity index (χ1n) is 6.02. The van der Waals surface area contributed by atoms with Gasteiger partial charge in [-0.15, -0.1) is 0 Å². The van der Waals surface area contributed by atoms with Gasteiger partial charge in [0.2, 0.25) is 0 Å². The van der Waals surface area contributed by atoms with E-state index in [-0.39, 0.29) is 0 Å². The van der Waals surface area contributed by atoms with Gasteiger partial charge in [0.1, 0.15) is 11.6 Å². The largest absolute Gasteiger partial charge is 0.396 e. The lowest BCUT2D eigenvalue weighted by atomic mass is 10.3. The molecule has 4 N–H and O–H groups in total. The SMILES string of the molecule is Nc1ccc(N(CC2CC2)C2CC2)nc1N. The first-order chi connectivity index (χ1) is 7.74. The number of hydrogen-bond donors (Lipinski definition) is 2. The van der Waals surface area contributed by atoms with E-state index in [1.165, 1.54) is 25.7 Å². The maximum Gasteiger partial charge on any atom is 0.149 e. The summed E-state index contributed by atoms with van der Waals surface area (Å²) in [7, 11) is 0. The molecule has 2 aliphatic carbocycles. The van der Waals surface area contributed by atoms with Gasteiger partial charge in [0.25, 0.3) is 0 Å². The fourth-order valence-corrected chi connectivity index (χ4v) is 2.03. The molecular weight excluding hydrogens is 200 g/mol. The molecule has 1 aromatic heterocycles. The standard InChI is InChI=1S/C12H18N4/c13-10-5-6-11(15-12(10)14)16(9-3-4-9)7-8-1-2-8/h5-6,8-9H,1-4,7,13H2,(H2,14,15). The minimum Gasteiger partial charge on any atom is -0.396 e. The van der Waals surface area contributed by atoms with E-state index in [4.69, 9.17) is 11.5 Å². The van der Waals surface area contributed by atoms with Crippen LogP contribution in [-0.4, -0.2) is 17.6 Å². The van der Waals surface area contributed by atoms with Crippen molar-refractivity contribution < 1.29 is 0 Å². The van der Waals surface area contributed by atoms with Gasteiger partial charge < -0.3 is 16.4 Å². The Morgan fingerprint density at radius 2 is 1.94 bits per heavy atom. The molecule has 1 heterocycles. The van der Waals surface area contributed by atoms with Crippen molar-refractivity contribution in [3.05, 3.63) is 12.1 Å². The molecule has 16 heavy (non-hydrogen) atoms. The number of rotatable bonds is 4. The van der Waals surface area contributed by atoms with Gasteiger partial charge in [-0.2, -0.15) is 0 Å². The summed E-state index contributed by atoms with van der Waals surface area (Å²) in [6.07, 6.45) is 5.32. The lowest BCUT2D eigenvalue weighted by Crippen LogP contribution is -2.29. The molecule has 1 aromatic rings. The molecule has 2 fully saturated rings. The second-order valence-corrected chi connectivity index (χ2v) is 4.97. The number of anilines is 3. The van der Waals surface area contributed by atoms with Crippen LogP contribution in [0.2, 0.25) is 0 Å². The van der Waals surface area contributed by atoms with Crippen molar-refractivity contribution in [2.75, 3.05) is 22.9 Å². The fourth-order valence-electron chi connectivity index (χ4n) is 2.03. The van der Waals surface area contributed by atoms with E-state index in [2.05, 4.69) is 9.88 Å². The summed E-state index contributed by atoms with van der Waals surface area (Å²) in [5.74, 6) is 2.33. The summed E-state index contributed by atoms with van der Waals surface area (Å²) in [5, 5.41) is 0. The Balaban J connectivity index is 1.82. The first-order valence-corrected chi connectivity index (χ1v) is 6.02. The molecule has 2 aliphatic rings. The van der Waals surface area contributed by atoms with E-state index < -0.39 is 0 Å². The zero-order chi connectivity index (χ0) is 11.1. The highest BCUT2D eigenvalue weighted by molar-refractivity contribution is 5.62. The highest BCUT2D eigenvalue weighted by Crippen LogP contribution is 2.37. The predicted molar refractivity (Wildman–Crippen MR) is 66.2 cm³/mol. The van der Waals surface area contributed by atoms with Crippen molar-refractivity contribution >= 4 is 17.3 Å². The van der Waals surface area contributed by atoms with Crippen LogP contribution < -0.4 is 16.4 Å². The fraction of sp³-hybridized carbons (Fsp3) is 0.583. The lowest BCUT2D eigenvalue weighted by Gasteiger charge is -2.23. The Morgan fingerprint density at radius 1 is 1.19 bits per heavy atom. The van der Waals surface area contributed by atoms with Crippen LogP contribution in [0.4, 0.5) is 17.3 Å². The third kappa shape index (κ3) is 1.92. The molecule has 4 heteroatoms. The van der Waals surface area contributed by atoms with Crippen LogP contribution in [0.25, 0.3) is 0 Å². The third-order valence-electron chi connectivity index (χ3n) is 3.38. The van der Waals surface area contributed by atoms with Gasteiger partial charge in [0, 0.05) is 12.6 Å². The molecule has 0 aromatic carbocycles. The minimum atomic E-state index is 0.457. The number of nitrogens with two attached hydrogens (primary N) is 2. The molecule has 0 saturated heterocycles. The zero-order valence-corrected chi connectivity index (χ0v) is 9.39. The van der Waals surface area contributed by atoms with Crippen LogP contribution in [0.1, 0.15) is 25.7 Å². The van der Waals surface area contributed by atoms with Crippen molar-refractivity contribution in [3.63, 3.8) is 0 Å². The summed E-state index contributed by atoms with van der Waals surface area (Å²) in [4.78, 5) is 6.80. The van der Waals surface area contributed by atoms with Crippen molar-refractivity contribution in [3.8, 4) is 0 Å². The molecule has 0 radical (unpaired) electrons. The molecule has 0 aliphatic heterocycles. The normalized spacial score (nSPS) is 19.8. The van der Waals surface area contributed by atoms with Gasteiger partial charge in [-0.3, -0.25) is 0 Å². The Hall–Kier alpha value is -1.45. The molecule has 86 valence electrons. The summed E-state index contributed by atoms with van der Waals surface area (Å²) in [6.45, 7) is 1.14. The zero-order valence-electron chi connectivity index (χ0n) is 9.39. The molecule has 0 spiro atoms. The Kier molecular flexibility index (Phi) is 2.16. The highest BCUT2D eigenvalue weighted by Gasteiger charge is 2.34. The van der Waals surface area contributed by atoms with Crippen molar-refractivity contribution in [2.24, 2.45) is 5.92 Å². The third-order valence-corrected chi connectivity index (χ3v) is 3.38. The average Bonchev–Trinajstić information content (AvgIpc) is 3.13. The smallest absolute Gasteiger partial charge is 0.149 e. The maximum absolute atomic E-state index is 5.76. The summed E-state index contributed by atoms with van der Waals surface area (Å²) < 4.78 is 0. The first kappa shape index (κ1) is 9.75. The van der Waals surface area contributed by atoms with Crippen molar-refractivity contribution in [2.45, 2.75) is 31.7 Å². The molecular formula is C12H18N4. The van der Waals surface area contributed by atoms with E-state index >= 15 is 0 Å². The quantitative estimate of drug-likeness (QED) is 0.806. The monoisotopic (exact) mass is 218 g/mol. The average molecular weight is 218 g/mol. The lowest BCUT2D eigenvalue weighted by molar-refractivity contribution is 0.710. The van der Waals surface area contributed by atoms with Crippen molar-refractivity contribution in [1.29, 1.82) is 0 Å². The second-order valence-electron chi connectivity index (χ2n) is 4.97. The molecule has 0 amide bonds. The Bertz CT molecular complexity index is 396. The van der Waals surface area contributed by atoms with E-state index in [0.29, 0.717) is 17.5 Å². The molecule has 0 atom stereocenters. The van der Waals surface area contributed by atoms with Gasteiger partial charge >= 0.3 is 0 Å². The second kappa shape index (κ2) is 3.54. The van der Waals surface area contributed by atoms with Gasteiger partial charge in [-0.25, -0.2) is 4.98 Å². The number of nitrogens with zero attached hydrogens (tertiary/aromatic N) is 2.